The highest BCUT2D eigenvalue weighted by Gasteiger charge is 2.45. The molecule has 3 unspecified atom stereocenters. The van der Waals surface area contributed by atoms with Crippen molar-refractivity contribution in [2.75, 3.05) is 13.2 Å². The van der Waals surface area contributed by atoms with Crippen LogP contribution in [-0.2, 0) is 9.53 Å². The van der Waals surface area contributed by atoms with Crippen LogP contribution in [-0.4, -0.2) is 90.0 Å². The van der Waals surface area contributed by atoms with Crippen molar-refractivity contribution in [2.24, 2.45) is 10.7 Å². The van der Waals surface area contributed by atoms with Crippen LogP contribution in [0.5, 0.6) is 0 Å². The number of ether oxygens (including phenoxy) is 1. The van der Waals surface area contributed by atoms with Crippen molar-refractivity contribution in [1.82, 2.24) is 20.0 Å². The molecule has 1 fully saturated rings. The fourth-order valence-electron chi connectivity index (χ4n) is 2.79. The normalized spacial score (nSPS) is 31.9. The Morgan fingerprint density at radius 3 is 2.69 bits per heavy atom. The molecule has 0 bridgehead atoms. The zero-order valence-corrected chi connectivity index (χ0v) is 13.5. The first kappa shape index (κ1) is 18.7. The van der Waals surface area contributed by atoms with Crippen molar-refractivity contribution in [2.45, 2.75) is 36.7 Å². The van der Waals surface area contributed by atoms with E-state index in [1.54, 1.807) is 0 Å². The molecule has 1 aromatic rings. The second kappa shape index (κ2) is 7.24. The highest BCUT2D eigenvalue weighted by molar-refractivity contribution is 5.74. The monoisotopic (exact) mass is 372 g/mol. The van der Waals surface area contributed by atoms with Crippen LogP contribution in [0.1, 0.15) is 18.1 Å². The van der Waals surface area contributed by atoms with Gasteiger partial charge in [-0.15, -0.1) is 0 Å². The summed E-state index contributed by atoms with van der Waals surface area (Å²) in [6, 6.07) is -1.28. The van der Waals surface area contributed by atoms with Gasteiger partial charge in [-0.05, 0) is 0 Å². The molecular formula is C13H20N6O7. The van der Waals surface area contributed by atoms with E-state index in [0.29, 0.717) is 0 Å². The number of carboxylic acid groups (broad SMARTS) is 1. The Labute approximate surface area is 146 Å². The van der Waals surface area contributed by atoms with Crippen molar-refractivity contribution >= 4 is 18.1 Å². The van der Waals surface area contributed by atoms with Crippen LogP contribution in [0.25, 0.3) is 0 Å². The SMILES string of the molecule is NC1c2ncn([C@@H]3O[C@H](CO)C(O)C3O)c2N=CN1N[C@@H](CO)C(=O)O. The van der Waals surface area contributed by atoms with Gasteiger partial charge in [0.15, 0.2) is 12.0 Å². The molecule has 6 atom stereocenters. The number of aliphatic imine (C=N–C) groups is 1. The van der Waals surface area contributed by atoms with Crippen LogP contribution in [0.2, 0.25) is 0 Å². The van der Waals surface area contributed by atoms with Gasteiger partial charge in [-0.2, -0.15) is 0 Å². The van der Waals surface area contributed by atoms with E-state index in [4.69, 9.17) is 20.7 Å². The quantitative estimate of drug-likeness (QED) is 0.260. The smallest absolute Gasteiger partial charge is 0.324 e. The highest BCUT2D eigenvalue weighted by Crippen LogP contribution is 2.36. The summed E-state index contributed by atoms with van der Waals surface area (Å²) in [5.74, 6) is -1.02. The van der Waals surface area contributed by atoms with Crippen molar-refractivity contribution < 1.29 is 35.1 Å². The number of carboxylic acids is 1. The molecule has 3 rings (SSSR count). The molecule has 0 aliphatic carbocycles. The lowest BCUT2D eigenvalue weighted by Gasteiger charge is -2.31. The standard InChI is InChI=1S/C13H20N6O7/c14-10-7-11(16-4-19(10)17-5(1-20)13(24)25)18(3-15-7)12-9(23)8(22)6(2-21)26-12/h3-6,8-10,12,17,20-23H,1-2,14H2,(H,24,25)/t5-,6+,8?,9?,10?,12+/m0/s1. The summed E-state index contributed by atoms with van der Waals surface area (Å²) in [5.41, 5.74) is 8.83. The van der Waals surface area contributed by atoms with Crippen molar-refractivity contribution in [3.05, 3.63) is 12.0 Å². The van der Waals surface area contributed by atoms with Gasteiger partial charge in [-0.25, -0.2) is 15.4 Å². The van der Waals surface area contributed by atoms with E-state index in [-0.39, 0.29) is 11.5 Å². The van der Waals surface area contributed by atoms with Crippen LogP contribution >= 0.6 is 0 Å². The number of hydrogen-bond acceptors (Lipinski definition) is 11. The Balaban J connectivity index is 1.82. The van der Waals surface area contributed by atoms with Crippen molar-refractivity contribution in [3.8, 4) is 0 Å². The van der Waals surface area contributed by atoms with Gasteiger partial charge in [0.05, 0.1) is 19.5 Å². The molecular weight excluding hydrogens is 352 g/mol. The van der Waals surface area contributed by atoms with E-state index in [1.807, 2.05) is 0 Å². The molecule has 3 heterocycles. The zero-order chi connectivity index (χ0) is 19.0. The third-order valence-corrected chi connectivity index (χ3v) is 4.26. The lowest BCUT2D eigenvalue weighted by atomic mass is 10.1. The summed E-state index contributed by atoms with van der Waals surface area (Å²) >= 11 is 0. The molecule has 0 amide bonds. The van der Waals surface area contributed by atoms with Crippen LogP contribution in [0.15, 0.2) is 11.3 Å². The second-order valence-electron chi connectivity index (χ2n) is 5.89. The summed E-state index contributed by atoms with van der Waals surface area (Å²) in [6.45, 7) is -1.12. The molecule has 13 nitrogen and oxygen atoms in total. The maximum Gasteiger partial charge on any atom is 0.324 e. The van der Waals surface area contributed by atoms with E-state index in [1.165, 1.54) is 22.2 Å². The maximum absolute atomic E-state index is 11.0. The molecule has 1 saturated heterocycles. The van der Waals surface area contributed by atoms with Crippen molar-refractivity contribution in [3.63, 3.8) is 0 Å². The largest absolute Gasteiger partial charge is 0.480 e. The molecule has 144 valence electrons. The minimum absolute atomic E-state index is 0.251. The first-order valence-corrected chi connectivity index (χ1v) is 7.76. The number of aliphatic hydroxyl groups excluding tert-OH is 4. The average Bonchev–Trinajstić information content (AvgIpc) is 3.16. The van der Waals surface area contributed by atoms with Gasteiger partial charge in [-0.3, -0.25) is 14.4 Å². The Kier molecular flexibility index (Phi) is 5.19. The third-order valence-electron chi connectivity index (χ3n) is 4.26. The lowest BCUT2D eigenvalue weighted by Crippen LogP contribution is -2.53. The van der Waals surface area contributed by atoms with Gasteiger partial charge in [0.25, 0.3) is 0 Å². The van der Waals surface area contributed by atoms with Gasteiger partial charge in [0.2, 0.25) is 0 Å². The van der Waals surface area contributed by atoms with Gasteiger partial charge < -0.3 is 36.0 Å². The number of nitrogens with zero attached hydrogens (tertiary/aromatic N) is 4. The number of nitrogens with one attached hydrogen (secondary N) is 1. The zero-order valence-electron chi connectivity index (χ0n) is 13.5. The number of nitrogens with two attached hydrogens (primary N) is 1. The topological polar surface area (TPSA) is 199 Å². The fraction of sp³-hybridized carbons (Fsp3) is 0.615. The molecule has 1 aromatic heterocycles. The molecule has 0 aromatic carbocycles. The number of aliphatic hydroxyl groups is 4. The number of aliphatic carboxylic acids is 1. The number of aromatic nitrogens is 2. The summed E-state index contributed by atoms with van der Waals surface area (Å²) in [6.07, 6.45) is -2.94. The summed E-state index contributed by atoms with van der Waals surface area (Å²) in [4.78, 5) is 19.3. The number of rotatable bonds is 6. The molecule has 26 heavy (non-hydrogen) atoms. The first-order chi connectivity index (χ1) is 12.4. The van der Waals surface area contributed by atoms with Crippen LogP contribution in [0.4, 0.5) is 5.82 Å². The first-order valence-electron chi connectivity index (χ1n) is 7.76. The Hall–Kier alpha value is -2.13. The average molecular weight is 372 g/mol. The fourth-order valence-corrected chi connectivity index (χ4v) is 2.79. The molecule has 8 N–H and O–H groups in total. The minimum Gasteiger partial charge on any atom is -0.480 e. The second-order valence-corrected chi connectivity index (χ2v) is 5.89. The van der Waals surface area contributed by atoms with Gasteiger partial charge >= 0.3 is 5.97 Å². The number of imidazole rings is 1. The van der Waals surface area contributed by atoms with E-state index < -0.39 is 55.9 Å². The highest BCUT2D eigenvalue weighted by atomic mass is 16.6. The molecule has 13 heteroatoms. The molecule has 0 radical (unpaired) electrons. The molecule has 2 aliphatic heterocycles. The minimum atomic E-state index is -1.31. The Morgan fingerprint density at radius 2 is 2.12 bits per heavy atom. The van der Waals surface area contributed by atoms with Crippen molar-refractivity contribution in [1.29, 1.82) is 0 Å². The summed E-state index contributed by atoms with van der Waals surface area (Å²) < 4.78 is 6.81. The van der Waals surface area contributed by atoms with E-state index in [9.17, 15) is 20.1 Å². The van der Waals surface area contributed by atoms with Crippen LogP contribution in [0.3, 0.4) is 0 Å². The van der Waals surface area contributed by atoms with E-state index >= 15 is 0 Å². The third kappa shape index (κ3) is 3.05. The Morgan fingerprint density at radius 1 is 1.38 bits per heavy atom. The number of fused-ring (bicyclic) bond motifs is 1. The predicted octanol–water partition coefficient (Wildman–Crippen LogP) is -3.62. The maximum atomic E-state index is 11.0. The molecule has 2 aliphatic rings. The molecule has 0 spiro atoms. The van der Waals surface area contributed by atoms with Gasteiger partial charge in [0.1, 0.15) is 42.6 Å². The van der Waals surface area contributed by atoms with Crippen LogP contribution < -0.4 is 11.2 Å². The number of carbonyl (C=O) groups is 1. The van der Waals surface area contributed by atoms with Gasteiger partial charge in [0, 0.05) is 0 Å². The predicted molar refractivity (Wildman–Crippen MR) is 83.8 cm³/mol. The molecule has 0 saturated carbocycles. The van der Waals surface area contributed by atoms with E-state index in [2.05, 4.69) is 15.4 Å². The van der Waals surface area contributed by atoms with E-state index in [0.717, 1.165) is 0 Å². The lowest BCUT2D eigenvalue weighted by molar-refractivity contribution is -0.142. The Bertz CT molecular complexity index is 697. The summed E-state index contributed by atoms with van der Waals surface area (Å²) in [5, 5.41) is 48.5. The van der Waals surface area contributed by atoms with Crippen LogP contribution in [0, 0.1) is 0 Å². The number of hydrazine groups is 1. The summed E-state index contributed by atoms with van der Waals surface area (Å²) in [7, 11) is 0. The number of hydrogen-bond donors (Lipinski definition) is 7. The van der Waals surface area contributed by atoms with Gasteiger partial charge in [-0.1, -0.05) is 0 Å².